The van der Waals surface area contributed by atoms with Crippen molar-refractivity contribution in [1.29, 1.82) is 5.26 Å². The second-order valence-electron chi connectivity index (χ2n) is 11.0. The van der Waals surface area contributed by atoms with Crippen LogP contribution in [0.1, 0.15) is 29.2 Å². The summed E-state index contributed by atoms with van der Waals surface area (Å²) in [7, 11) is 0. The van der Waals surface area contributed by atoms with E-state index in [1.807, 2.05) is 98.1 Å². The molecule has 0 spiro atoms. The molecular formula is C38H29FN4O3. The number of rotatable bonds is 8. The summed E-state index contributed by atoms with van der Waals surface area (Å²) in [6.07, 6.45) is 3.52. The summed E-state index contributed by atoms with van der Waals surface area (Å²) in [5.74, 6) is -0.770. The Morgan fingerprint density at radius 1 is 0.848 bits per heavy atom. The van der Waals surface area contributed by atoms with Gasteiger partial charge in [-0.15, -0.1) is 0 Å². The molecule has 1 aliphatic heterocycles. The molecule has 8 heteroatoms. The Bertz CT molecular complexity index is 2020. The van der Waals surface area contributed by atoms with Crippen molar-refractivity contribution < 1.29 is 18.7 Å². The van der Waals surface area contributed by atoms with Crippen LogP contribution >= 0.6 is 0 Å². The molecule has 0 saturated carbocycles. The van der Waals surface area contributed by atoms with E-state index < -0.39 is 11.8 Å². The van der Waals surface area contributed by atoms with Crippen LogP contribution in [-0.2, 0) is 22.7 Å². The molecule has 1 aliphatic rings. The lowest BCUT2D eigenvalue weighted by molar-refractivity contribution is -0.141. The minimum atomic E-state index is -0.612. The predicted molar refractivity (Wildman–Crippen MR) is 173 cm³/mol. The van der Waals surface area contributed by atoms with Gasteiger partial charge >= 0.3 is 0 Å². The highest BCUT2D eigenvalue weighted by Crippen LogP contribution is 2.32. The van der Waals surface area contributed by atoms with Crippen LogP contribution in [0.5, 0.6) is 5.75 Å². The molecule has 4 aromatic carbocycles. The third kappa shape index (κ3) is 6.26. The highest BCUT2D eigenvalue weighted by Gasteiger charge is 2.35. The SMILES string of the molecule is CC1=C(C#N)C(=O)N(Cc2ccc(C)cc2)C(=O)/C1=C/c1cn(-c2ccccc2)nc1-c1ccc(OCc2ccc(F)cc2)cc1. The van der Waals surface area contributed by atoms with E-state index in [0.717, 1.165) is 32.8 Å². The molecule has 0 N–H and O–H groups in total. The Kier molecular flexibility index (Phi) is 8.40. The predicted octanol–water partition coefficient (Wildman–Crippen LogP) is 7.36. The van der Waals surface area contributed by atoms with Crippen LogP contribution in [0.15, 0.2) is 126 Å². The van der Waals surface area contributed by atoms with E-state index in [4.69, 9.17) is 9.84 Å². The van der Waals surface area contributed by atoms with Crippen LogP contribution in [0.3, 0.4) is 0 Å². The second-order valence-corrected chi connectivity index (χ2v) is 11.0. The van der Waals surface area contributed by atoms with Gasteiger partial charge in [0, 0.05) is 22.9 Å². The number of amides is 2. The van der Waals surface area contributed by atoms with Crippen molar-refractivity contribution >= 4 is 17.9 Å². The number of para-hydroxylation sites is 1. The first-order chi connectivity index (χ1) is 22.3. The van der Waals surface area contributed by atoms with Gasteiger partial charge in [-0.3, -0.25) is 14.5 Å². The van der Waals surface area contributed by atoms with Crippen molar-refractivity contribution in [3.05, 3.63) is 154 Å². The normalized spacial score (nSPS) is 14.1. The Balaban J connectivity index is 1.37. The maximum atomic E-state index is 13.9. The fraction of sp³-hybridized carbons (Fsp3) is 0.105. The fourth-order valence-electron chi connectivity index (χ4n) is 5.19. The monoisotopic (exact) mass is 608 g/mol. The van der Waals surface area contributed by atoms with Gasteiger partial charge in [0.05, 0.1) is 17.9 Å². The summed E-state index contributed by atoms with van der Waals surface area (Å²) >= 11 is 0. The van der Waals surface area contributed by atoms with Crippen molar-refractivity contribution in [3.63, 3.8) is 0 Å². The summed E-state index contributed by atoms with van der Waals surface area (Å²) in [6, 6.07) is 32.7. The molecule has 46 heavy (non-hydrogen) atoms. The van der Waals surface area contributed by atoms with E-state index in [-0.39, 0.29) is 30.1 Å². The number of imide groups is 1. The molecule has 0 fully saturated rings. The minimum Gasteiger partial charge on any atom is -0.489 e. The minimum absolute atomic E-state index is 0.0449. The summed E-state index contributed by atoms with van der Waals surface area (Å²) < 4.78 is 20.9. The van der Waals surface area contributed by atoms with Gasteiger partial charge in [-0.05, 0) is 85.2 Å². The summed E-state index contributed by atoms with van der Waals surface area (Å²) in [6.45, 7) is 3.91. The van der Waals surface area contributed by atoms with Crippen molar-refractivity contribution in [3.8, 4) is 28.8 Å². The highest BCUT2D eigenvalue weighted by atomic mass is 19.1. The van der Waals surface area contributed by atoms with E-state index in [2.05, 4.69) is 0 Å². The molecule has 0 unspecified atom stereocenters. The lowest BCUT2D eigenvalue weighted by atomic mass is 9.93. The van der Waals surface area contributed by atoms with E-state index >= 15 is 0 Å². The number of ether oxygens (including phenoxy) is 1. The number of hydrogen-bond acceptors (Lipinski definition) is 5. The summed E-state index contributed by atoms with van der Waals surface area (Å²) in [5.41, 5.74) is 6.00. The first kappa shape index (κ1) is 30.0. The van der Waals surface area contributed by atoms with Crippen LogP contribution in [0.4, 0.5) is 4.39 Å². The van der Waals surface area contributed by atoms with Gasteiger partial charge in [0.1, 0.15) is 29.8 Å². The van der Waals surface area contributed by atoms with Crippen LogP contribution in [0.25, 0.3) is 23.0 Å². The smallest absolute Gasteiger partial charge is 0.271 e. The number of nitriles is 1. The largest absolute Gasteiger partial charge is 0.489 e. The van der Waals surface area contributed by atoms with Crippen molar-refractivity contribution in [2.45, 2.75) is 27.0 Å². The third-order valence-corrected chi connectivity index (χ3v) is 7.80. The number of hydrogen-bond donors (Lipinski definition) is 0. The second kappa shape index (κ2) is 12.9. The molecule has 7 nitrogen and oxygen atoms in total. The zero-order valence-corrected chi connectivity index (χ0v) is 25.3. The Morgan fingerprint density at radius 2 is 1.52 bits per heavy atom. The highest BCUT2D eigenvalue weighted by molar-refractivity contribution is 6.19. The fourth-order valence-corrected chi connectivity index (χ4v) is 5.19. The number of halogens is 1. The van der Waals surface area contributed by atoms with Gasteiger partial charge in [0.25, 0.3) is 11.8 Å². The topological polar surface area (TPSA) is 88.2 Å². The molecular weight excluding hydrogens is 579 g/mol. The number of aromatic nitrogens is 2. The lowest BCUT2D eigenvalue weighted by Gasteiger charge is -2.27. The van der Waals surface area contributed by atoms with E-state index in [0.29, 0.717) is 22.6 Å². The zero-order chi connectivity index (χ0) is 32.2. The molecule has 1 aromatic heterocycles. The standard InChI is InChI=1S/C38H29FN4O3/c1-25-8-10-27(11-9-25)22-42-37(44)34(26(2)35(21-40)38(42)45)20-30-23-43(32-6-4-3-5-7-32)41-36(30)29-14-18-33(19-15-29)46-24-28-12-16-31(39)17-13-28/h3-20,23H,22,24H2,1-2H3/b34-20+. The Labute approximate surface area is 266 Å². The Morgan fingerprint density at radius 3 is 2.20 bits per heavy atom. The maximum Gasteiger partial charge on any atom is 0.271 e. The van der Waals surface area contributed by atoms with Crippen LogP contribution in [-0.4, -0.2) is 26.5 Å². The quantitative estimate of drug-likeness (QED) is 0.136. The summed E-state index contributed by atoms with van der Waals surface area (Å²) in [4.78, 5) is 28.3. The van der Waals surface area contributed by atoms with Gasteiger partial charge < -0.3 is 4.74 Å². The van der Waals surface area contributed by atoms with Gasteiger partial charge in [0.15, 0.2) is 0 Å². The molecule has 2 heterocycles. The average Bonchev–Trinajstić information content (AvgIpc) is 3.50. The maximum absolute atomic E-state index is 13.9. The number of benzene rings is 4. The van der Waals surface area contributed by atoms with Crippen LogP contribution in [0.2, 0.25) is 0 Å². The van der Waals surface area contributed by atoms with Crippen molar-refractivity contribution in [2.24, 2.45) is 0 Å². The third-order valence-electron chi connectivity index (χ3n) is 7.80. The number of nitrogens with zero attached hydrogens (tertiary/aromatic N) is 4. The molecule has 2 amide bonds. The van der Waals surface area contributed by atoms with Crippen LogP contribution < -0.4 is 4.74 Å². The number of carbonyl (C=O) groups is 2. The van der Waals surface area contributed by atoms with Gasteiger partial charge in [-0.25, -0.2) is 9.07 Å². The number of aryl methyl sites for hydroxylation is 1. The molecule has 226 valence electrons. The molecule has 0 atom stereocenters. The molecule has 0 radical (unpaired) electrons. The molecule has 6 rings (SSSR count). The molecule has 0 saturated heterocycles. The first-order valence-corrected chi connectivity index (χ1v) is 14.7. The summed E-state index contributed by atoms with van der Waals surface area (Å²) in [5, 5.41) is 14.8. The molecule has 5 aromatic rings. The van der Waals surface area contributed by atoms with Gasteiger partial charge in [-0.1, -0.05) is 60.2 Å². The zero-order valence-electron chi connectivity index (χ0n) is 25.3. The lowest BCUT2D eigenvalue weighted by Crippen LogP contribution is -2.42. The average molecular weight is 609 g/mol. The number of carbonyl (C=O) groups excluding carboxylic acids is 2. The van der Waals surface area contributed by atoms with Gasteiger partial charge in [0.2, 0.25) is 0 Å². The first-order valence-electron chi connectivity index (χ1n) is 14.7. The van der Waals surface area contributed by atoms with E-state index in [1.165, 1.54) is 12.1 Å². The van der Waals surface area contributed by atoms with E-state index in [1.54, 1.807) is 29.8 Å². The van der Waals surface area contributed by atoms with E-state index in [9.17, 15) is 19.2 Å². The van der Waals surface area contributed by atoms with Crippen molar-refractivity contribution in [1.82, 2.24) is 14.7 Å². The molecule has 0 aliphatic carbocycles. The Hall–Kier alpha value is -6.07. The van der Waals surface area contributed by atoms with Crippen molar-refractivity contribution in [2.75, 3.05) is 0 Å². The van der Waals surface area contributed by atoms with Gasteiger partial charge in [-0.2, -0.15) is 10.4 Å². The van der Waals surface area contributed by atoms with Crippen LogP contribution in [0, 0.1) is 24.1 Å². The molecule has 0 bridgehead atoms.